The minimum atomic E-state index is -0.318. The van der Waals surface area contributed by atoms with Crippen LogP contribution in [0.1, 0.15) is 10.4 Å². The summed E-state index contributed by atoms with van der Waals surface area (Å²) in [5.41, 5.74) is 7.09. The van der Waals surface area contributed by atoms with E-state index in [4.69, 9.17) is 22.1 Å². The maximum atomic E-state index is 12.3. The molecule has 104 valence electrons. The number of carbonyl (C=O) groups excluding carboxylic acids is 1. The van der Waals surface area contributed by atoms with Gasteiger partial charge in [0.1, 0.15) is 5.75 Å². The highest BCUT2D eigenvalue weighted by molar-refractivity contribution is 9.10. The lowest BCUT2D eigenvalue weighted by molar-refractivity contribution is 0.102. The average molecular weight is 356 g/mol. The van der Waals surface area contributed by atoms with E-state index >= 15 is 0 Å². The minimum Gasteiger partial charge on any atom is -0.496 e. The molecule has 0 aliphatic rings. The molecule has 0 unspecified atom stereocenters. The number of benzene rings is 2. The zero-order chi connectivity index (χ0) is 14.7. The lowest BCUT2D eigenvalue weighted by atomic mass is 10.1. The zero-order valence-corrected chi connectivity index (χ0v) is 13.0. The number of carbonyl (C=O) groups is 1. The lowest BCUT2D eigenvalue weighted by Crippen LogP contribution is -2.13. The monoisotopic (exact) mass is 354 g/mol. The molecule has 0 radical (unpaired) electrons. The summed E-state index contributed by atoms with van der Waals surface area (Å²) in [6.07, 6.45) is 0. The van der Waals surface area contributed by atoms with Gasteiger partial charge in [-0.25, -0.2) is 0 Å². The van der Waals surface area contributed by atoms with Crippen LogP contribution in [0.15, 0.2) is 40.9 Å². The van der Waals surface area contributed by atoms with E-state index in [-0.39, 0.29) is 5.91 Å². The maximum Gasteiger partial charge on any atom is 0.259 e. The van der Waals surface area contributed by atoms with E-state index in [2.05, 4.69) is 21.2 Å². The number of methoxy groups -OCH3 is 1. The normalized spacial score (nSPS) is 10.2. The van der Waals surface area contributed by atoms with Gasteiger partial charge in [-0.05, 0) is 30.3 Å². The molecule has 4 nitrogen and oxygen atoms in total. The molecule has 0 saturated heterocycles. The molecule has 2 aromatic rings. The van der Waals surface area contributed by atoms with E-state index in [1.165, 1.54) is 7.11 Å². The highest BCUT2D eigenvalue weighted by atomic mass is 79.9. The molecule has 6 heteroatoms. The van der Waals surface area contributed by atoms with Crippen molar-refractivity contribution in [1.29, 1.82) is 0 Å². The number of hydrogen-bond acceptors (Lipinski definition) is 3. The van der Waals surface area contributed by atoms with Crippen molar-refractivity contribution in [2.75, 3.05) is 18.2 Å². The first-order valence-electron chi connectivity index (χ1n) is 5.71. The van der Waals surface area contributed by atoms with Crippen molar-refractivity contribution < 1.29 is 9.53 Å². The van der Waals surface area contributed by atoms with Gasteiger partial charge >= 0.3 is 0 Å². The Balaban J connectivity index is 2.30. The molecule has 0 spiro atoms. The van der Waals surface area contributed by atoms with Crippen LogP contribution in [0.3, 0.4) is 0 Å². The predicted octanol–water partition coefficient (Wildman–Crippen LogP) is 3.95. The molecule has 1 amide bonds. The summed E-state index contributed by atoms with van der Waals surface area (Å²) in [7, 11) is 1.48. The van der Waals surface area contributed by atoms with Gasteiger partial charge in [0, 0.05) is 16.2 Å². The fourth-order valence-corrected chi connectivity index (χ4v) is 2.20. The van der Waals surface area contributed by atoms with E-state index in [0.29, 0.717) is 27.7 Å². The van der Waals surface area contributed by atoms with Crippen LogP contribution in [-0.4, -0.2) is 13.0 Å². The number of halogens is 2. The standard InChI is InChI=1S/C14H12BrClN2O2/c1-20-13-7-9(17)3-4-10(13)14(19)18-12-6-8(15)2-5-11(12)16/h2-7H,17H2,1H3,(H,18,19). The Morgan fingerprint density at radius 3 is 2.75 bits per heavy atom. The fraction of sp³-hybridized carbons (Fsp3) is 0.0714. The second-order valence-corrected chi connectivity index (χ2v) is 5.36. The van der Waals surface area contributed by atoms with Gasteiger partial charge in [-0.3, -0.25) is 4.79 Å². The first-order chi connectivity index (χ1) is 9.51. The molecular weight excluding hydrogens is 344 g/mol. The molecule has 2 aromatic carbocycles. The third kappa shape index (κ3) is 3.23. The van der Waals surface area contributed by atoms with Crippen LogP contribution in [-0.2, 0) is 0 Å². The first-order valence-corrected chi connectivity index (χ1v) is 6.88. The molecule has 0 aromatic heterocycles. The molecule has 0 saturated carbocycles. The van der Waals surface area contributed by atoms with E-state index in [1.54, 1.807) is 36.4 Å². The van der Waals surface area contributed by atoms with Crippen LogP contribution in [0, 0.1) is 0 Å². The predicted molar refractivity (Wildman–Crippen MR) is 84.5 cm³/mol. The molecule has 0 atom stereocenters. The second kappa shape index (κ2) is 6.15. The largest absolute Gasteiger partial charge is 0.496 e. The number of ether oxygens (including phenoxy) is 1. The fourth-order valence-electron chi connectivity index (χ4n) is 1.68. The molecule has 0 aliphatic heterocycles. The molecule has 3 N–H and O–H groups in total. The summed E-state index contributed by atoms with van der Waals surface area (Å²) in [5, 5.41) is 3.19. The summed E-state index contributed by atoms with van der Waals surface area (Å²) >= 11 is 9.37. The van der Waals surface area contributed by atoms with Gasteiger partial charge in [-0.15, -0.1) is 0 Å². The van der Waals surface area contributed by atoms with Gasteiger partial charge in [-0.2, -0.15) is 0 Å². The van der Waals surface area contributed by atoms with Gasteiger partial charge in [-0.1, -0.05) is 27.5 Å². The highest BCUT2D eigenvalue weighted by Gasteiger charge is 2.14. The van der Waals surface area contributed by atoms with Gasteiger partial charge in [0.2, 0.25) is 0 Å². The lowest BCUT2D eigenvalue weighted by Gasteiger charge is -2.11. The molecule has 20 heavy (non-hydrogen) atoms. The summed E-state index contributed by atoms with van der Waals surface area (Å²) in [5.74, 6) is 0.0930. The smallest absolute Gasteiger partial charge is 0.259 e. The van der Waals surface area contributed by atoms with Crippen molar-refractivity contribution >= 4 is 44.8 Å². The molecule has 0 heterocycles. The van der Waals surface area contributed by atoms with Crippen molar-refractivity contribution in [1.82, 2.24) is 0 Å². The minimum absolute atomic E-state index is 0.318. The topological polar surface area (TPSA) is 64.3 Å². The molecule has 2 rings (SSSR count). The van der Waals surface area contributed by atoms with Gasteiger partial charge in [0.25, 0.3) is 5.91 Å². The average Bonchev–Trinajstić information content (AvgIpc) is 2.42. The van der Waals surface area contributed by atoms with Crippen molar-refractivity contribution in [3.05, 3.63) is 51.5 Å². The van der Waals surface area contributed by atoms with Crippen LogP contribution in [0.4, 0.5) is 11.4 Å². The highest BCUT2D eigenvalue weighted by Crippen LogP contribution is 2.28. The molecule has 0 bridgehead atoms. The number of hydrogen-bond donors (Lipinski definition) is 2. The maximum absolute atomic E-state index is 12.3. The Bertz CT molecular complexity index is 662. The summed E-state index contributed by atoms with van der Waals surface area (Å²) in [6.45, 7) is 0. The summed E-state index contributed by atoms with van der Waals surface area (Å²) < 4.78 is 5.98. The number of amides is 1. The summed E-state index contributed by atoms with van der Waals surface area (Å²) in [4.78, 5) is 12.3. The molecule has 0 aliphatic carbocycles. The Labute approximate surface area is 130 Å². The third-order valence-corrected chi connectivity index (χ3v) is 3.47. The quantitative estimate of drug-likeness (QED) is 0.820. The summed E-state index contributed by atoms with van der Waals surface area (Å²) in [6, 6.07) is 10.1. The van der Waals surface area contributed by atoms with Crippen molar-refractivity contribution in [2.45, 2.75) is 0 Å². The van der Waals surface area contributed by atoms with Crippen LogP contribution < -0.4 is 15.8 Å². The first kappa shape index (κ1) is 14.7. The second-order valence-electron chi connectivity index (χ2n) is 4.04. The van der Waals surface area contributed by atoms with E-state index in [1.807, 2.05) is 0 Å². The van der Waals surface area contributed by atoms with Crippen LogP contribution in [0.2, 0.25) is 5.02 Å². The van der Waals surface area contributed by atoms with Gasteiger partial charge < -0.3 is 15.8 Å². The van der Waals surface area contributed by atoms with Crippen LogP contribution >= 0.6 is 27.5 Å². The SMILES string of the molecule is COc1cc(N)ccc1C(=O)Nc1cc(Br)ccc1Cl. The number of nitrogen functional groups attached to an aromatic ring is 1. The van der Waals surface area contributed by atoms with Gasteiger partial charge in [0.15, 0.2) is 0 Å². The number of anilines is 2. The van der Waals surface area contributed by atoms with E-state index in [9.17, 15) is 4.79 Å². The Hall–Kier alpha value is -1.72. The van der Waals surface area contributed by atoms with Crippen molar-refractivity contribution in [2.24, 2.45) is 0 Å². The number of nitrogens with one attached hydrogen (secondary N) is 1. The van der Waals surface area contributed by atoms with E-state index < -0.39 is 0 Å². The Kier molecular flexibility index (Phi) is 4.52. The van der Waals surface area contributed by atoms with Crippen LogP contribution in [0.25, 0.3) is 0 Å². The number of nitrogens with two attached hydrogens (primary N) is 1. The molecule has 0 fully saturated rings. The zero-order valence-electron chi connectivity index (χ0n) is 10.6. The van der Waals surface area contributed by atoms with Gasteiger partial charge in [0.05, 0.1) is 23.4 Å². The Morgan fingerprint density at radius 1 is 1.30 bits per heavy atom. The Morgan fingerprint density at radius 2 is 2.05 bits per heavy atom. The van der Waals surface area contributed by atoms with Crippen molar-refractivity contribution in [3.8, 4) is 5.75 Å². The van der Waals surface area contributed by atoms with Crippen LogP contribution in [0.5, 0.6) is 5.75 Å². The van der Waals surface area contributed by atoms with Crippen molar-refractivity contribution in [3.63, 3.8) is 0 Å². The molecular formula is C14H12BrClN2O2. The number of rotatable bonds is 3. The third-order valence-electron chi connectivity index (χ3n) is 2.65. The van der Waals surface area contributed by atoms with E-state index in [0.717, 1.165) is 4.47 Å².